The molecule has 3 aliphatic carbocycles. The first-order chi connectivity index (χ1) is 17.7. The Bertz CT molecular complexity index is 1010. The van der Waals surface area contributed by atoms with E-state index in [0.717, 1.165) is 42.6 Å². The van der Waals surface area contributed by atoms with Crippen LogP contribution >= 0.6 is 0 Å². The molecule has 0 saturated heterocycles. The van der Waals surface area contributed by atoms with E-state index < -0.39 is 28.4 Å². The van der Waals surface area contributed by atoms with Crippen molar-refractivity contribution >= 4 is 16.2 Å². The third kappa shape index (κ3) is 7.87. The summed E-state index contributed by atoms with van der Waals surface area (Å²) in [4.78, 5) is 11.6. The van der Waals surface area contributed by atoms with Crippen molar-refractivity contribution in [2.75, 3.05) is 13.3 Å². The van der Waals surface area contributed by atoms with Crippen molar-refractivity contribution < 1.29 is 28.2 Å². The molecule has 0 spiro atoms. The normalized spacial score (nSPS) is 28.6. The van der Waals surface area contributed by atoms with Crippen LogP contribution in [0.3, 0.4) is 0 Å². The number of nitrogens with two attached hydrogens (primary N) is 1. The molecule has 3 fully saturated rings. The Labute approximate surface area is 219 Å². The number of unbranched alkanes of at least 4 members (excludes halogenated alkanes) is 1. The molecule has 37 heavy (non-hydrogen) atoms. The van der Waals surface area contributed by atoms with Gasteiger partial charge < -0.3 is 20.7 Å². The van der Waals surface area contributed by atoms with Crippen LogP contribution < -0.4 is 20.5 Å². The largest absolute Gasteiger partial charge is 0.508 e. The van der Waals surface area contributed by atoms with Gasteiger partial charge in [0, 0.05) is 12.0 Å². The lowest BCUT2D eigenvalue weighted by Gasteiger charge is -2.41. The van der Waals surface area contributed by atoms with Gasteiger partial charge in [0.1, 0.15) is 18.0 Å². The summed E-state index contributed by atoms with van der Waals surface area (Å²) in [5.41, 5.74) is 6.29. The molecule has 0 aromatic heterocycles. The van der Waals surface area contributed by atoms with E-state index in [1.807, 2.05) is 0 Å². The molecular formula is C26H42N4O6S. The van der Waals surface area contributed by atoms with Crippen molar-refractivity contribution in [3.63, 3.8) is 0 Å². The van der Waals surface area contributed by atoms with Gasteiger partial charge >= 0.3 is 5.97 Å². The van der Waals surface area contributed by atoms with Crippen LogP contribution in [-0.4, -0.2) is 55.7 Å². The van der Waals surface area contributed by atoms with E-state index in [-0.39, 0.29) is 30.9 Å². The van der Waals surface area contributed by atoms with E-state index in [1.165, 1.54) is 37.8 Å². The van der Waals surface area contributed by atoms with Crippen molar-refractivity contribution in [3.8, 4) is 5.75 Å². The predicted octanol–water partition coefficient (Wildman–Crippen LogP) is 2.19. The van der Waals surface area contributed by atoms with Crippen LogP contribution in [0.25, 0.3) is 0 Å². The molecule has 0 amide bonds. The summed E-state index contributed by atoms with van der Waals surface area (Å²) in [7, 11) is -4.19. The molecule has 4 unspecified atom stereocenters. The van der Waals surface area contributed by atoms with E-state index in [9.17, 15) is 23.4 Å². The average Bonchev–Trinajstić information content (AvgIpc) is 3.05. The number of aliphatic carboxylic acids is 1. The zero-order valence-corrected chi connectivity index (χ0v) is 22.2. The average molecular weight is 539 g/mol. The summed E-state index contributed by atoms with van der Waals surface area (Å²) in [6.07, 6.45) is 9.12. The predicted molar refractivity (Wildman–Crippen MR) is 140 cm³/mol. The van der Waals surface area contributed by atoms with E-state index in [0.29, 0.717) is 19.4 Å². The Hall–Kier alpha value is -1.76. The van der Waals surface area contributed by atoms with Crippen molar-refractivity contribution in [2.24, 2.45) is 23.5 Å². The van der Waals surface area contributed by atoms with Crippen molar-refractivity contribution in [1.82, 2.24) is 14.8 Å². The molecule has 0 heterocycles. The number of nitrogens with one attached hydrogen (secondary N) is 3. The number of carbonyl (C=O) groups is 1. The highest BCUT2D eigenvalue weighted by molar-refractivity contribution is 7.87. The quantitative estimate of drug-likeness (QED) is 0.146. The van der Waals surface area contributed by atoms with E-state index in [4.69, 9.17) is 10.5 Å². The van der Waals surface area contributed by atoms with Crippen LogP contribution in [0.2, 0.25) is 0 Å². The Balaban J connectivity index is 1.40. The number of carboxylic acids is 1. The van der Waals surface area contributed by atoms with Crippen LogP contribution in [0.15, 0.2) is 24.3 Å². The van der Waals surface area contributed by atoms with Gasteiger partial charge in [0.25, 0.3) is 10.2 Å². The van der Waals surface area contributed by atoms with Crippen LogP contribution in [0.5, 0.6) is 5.75 Å². The molecule has 1 aromatic rings. The summed E-state index contributed by atoms with van der Waals surface area (Å²) in [6.45, 7) is 0.602. The van der Waals surface area contributed by atoms with Crippen molar-refractivity contribution in [1.29, 1.82) is 0 Å². The first-order valence-electron chi connectivity index (χ1n) is 13.5. The number of phenols is 1. The monoisotopic (exact) mass is 538 g/mol. The number of carboxylic acid groups (broad SMARTS) is 1. The van der Waals surface area contributed by atoms with Crippen molar-refractivity contribution in [2.45, 2.75) is 88.4 Å². The number of rotatable bonds is 15. The number of hydrogen-bond acceptors (Lipinski definition) is 7. The lowest BCUT2D eigenvalue weighted by molar-refractivity contribution is -0.139. The lowest BCUT2D eigenvalue weighted by atomic mass is 9.74. The molecule has 7 N–H and O–H groups in total. The molecule has 11 heteroatoms. The topological polar surface area (TPSA) is 163 Å². The second-order valence-electron chi connectivity index (χ2n) is 11.2. The lowest BCUT2D eigenvalue weighted by Crippen LogP contribution is -2.53. The minimum Gasteiger partial charge on any atom is -0.508 e. The molecule has 1 aromatic carbocycles. The van der Waals surface area contributed by atoms with Crippen LogP contribution in [0.1, 0.15) is 69.8 Å². The molecule has 10 nitrogen and oxygen atoms in total. The number of fused-ring (bicyclic) bond motifs is 2. The van der Waals surface area contributed by atoms with Crippen LogP contribution in [-0.2, 0) is 26.2 Å². The maximum absolute atomic E-state index is 12.9. The van der Waals surface area contributed by atoms with E-state index >= 15 is 0 Å². The van der Waals surface area contributed by atoms with Gasteiger partial charge in [-0.15, -0.1) is 0 Å². The highest BCUT2D eigenvalue weighted by Gasteiger charge is 2.49. The zero-order valence-electron chi connectivity index (χ0n) is 21.4. The number of hydrogen-bond donors (Lipinski definition) is 6. The highest BCUT2D eigenvalue weighted by atomic mass is 32.2. The van der Waals surface area contributed by atoms with E-state index in [1.54, 1.807) is 12.1 Å². The molecule has 0 aliphatic heterocycles. The molecule has 3 saturated carbocycles. The maximum Gasteiger partial charge on any atom is 0.321 e. The summed E-state index contributed by atoms with van der Waals surface area (Å²) < 4.78 is 36.6. The third-order valence-corrected chi connectivity index (χ3v) is 9.59. The van der Waals surface area contributed by atoms with Crippen molar-refractivity contribution in [3.05, 3.63) is 29.8 Å². The molecule has 3 bridgehead atoms. The number of phenolic OH excluding ortho intramolecular Hbond substituents is 1. The fourth-order valence-electron chi connectivity index (χ4n) is 6.78. The summed E-state index contributed by atoms with van der Waals surface area (Å²) >= 11 is 0. The van der Waals surface area contributed by atoms with Gasteiger partial charge in [0.05, 0.1) is 6.73 Å². The summed E-state index contributed by atoms with van der Waals surface area (Å²) in [5.74, 6) is 1.27. The standard InChI is InChI=1S/C26H42N4O6S/c27-11-2-1-5-23(25(32)33)29-37(34,35)30-24(14-18-6-8-22(31)9-7-18)36-17-28-26-10-3-4-20-12-19(15-26)13-21(20)16-26/h6-9,19-21,23-24,28-31H,1-5,10-17,27H2,(H,32,33)/t19?,20?,21?,23-,24+,26?/m0/s1. The summed E-state index contributed by atoms with van der Waals surface area (Å²) in [6, 6.07) is 5.22. The van der Waals surface area contributed by atoms with Gasteiger partial charge in [-0.2, -0.15) is 17.9 Å². The molecule has 6 atom stereocenters. The Morgan fingerprint density at radius 2 is 1.89 bits per heavy atom. The first kappa shape index (κ1) is 28.3. The second-order valence-corrected chi connectivity index (χ2v) is 12.7. The highest BCUT2D eigenvalue weighted by Crippen LogP contribution is 2.54. The zero-order chi connectivity index (χ0) is 26.5. The number of benzene rings is 1. The Morgan fingerprint density at radius 3 is 2.62 bits per heavy atom. The van der Waals surface area contributed by atoms with Gasteiger partial charge in [-0.1, -0.05) is 31.4 Å². The molecule has 3 aliphatic rings. The van der Waals surface area contributed by atoms with Gasteiger partial charge in [-0.05, 0) is 86.9 Å². The maximum atomic E-state index is 12.9. The van der Waals surface area contributed by atoms with Crippen LogP contribution in [0.4, 0.5) is 0 Å². The summed E-state index contributed by atoms with van der Waals surface area (Å²) in [5, 5.41) is 22.7. The van der Waals surface area contributed by atoms with Gasteiger partial charge in [-0.25, -0.2) is 0 Å². The number of ether oxygens (including phenoxy) is 1. The minimum atomic E-state index is -4.19. The third-order valence-electron chi connectivity index (χ3n) is 8.42. The minimum absolute atomic E-state index is 0.0381. The smallest absolute Gasteiger partial charge is 0.321 e. The Kier molecular flexibility index (Phi) is 9.47. The number of aromatic hydroxyl groups is 1. The van der Waals surface area contributed by atoms with E-state index in [2.05, 4.69) is 14.8 Å². The van der Waals surface area contributed by atoms with Crippen LogP contribution in [0, 0.1) is 17.8 Å². The van der Waals surface area contributed by atoms with Gasteiger partial charge in [-0.3, -0.25) is 10.1 Å². The molecule has 4 rings (SSSR count). The van der Waals surface area contributed by atoms with Gasteiger partial charge in [0.2, 0.25) is 0 Å². The Morgan fingerprint density at radius 1 is 1.14 bits per heavy atom. The second kappa shape index (κ2) is 12.4. The molecular weight excluding hydrogens is 496 g/mol. The SMILES string of the molecule is NCCCC[C@H](NS(=O)(=O)N[C@@H](Cc1ccc(O)cc1)OCNC12CCCC3CC(CC3C1)C2)C(=O)O. The van der Waals surface area contributed by atoms with Gasteiger partial charge in [0.15, 0.2) is 0 Å². The first-order valence-corrected chi connectivity index (χ1v) is 15.0. The molecule has 208 valence electrons. The fraction of sp³-hybridized carbons (Fsp3) is 0.731. The fourth-order valence-corrected chi connectivity index (χ4v) is 7.94. The molecule has 0 radical (unpaired) electrons.